The van der Waals surface area contributed by atoms with E-state index < -0.39 is 0 Å². The Hall–Kier alpha value is -2.69. The number of aromatic nitrogens is 3. The molecule has 0 aliphatic carbocycles. The van der Waals surface area contributed by atoms with Gasteiger partial charge in [-0.15, -0.1) is 0 Å². The molecule has 3 aromatic rings. The van der Waals surface area contributed by atoms with E-state index >= 15 is 0 Å². The minimum absolute atomic E-state index is 0.248. The third-order valence-electron chi connectivity index (χ3n) is 2.86. The number of aryl methyl sites for hydroxylation is 1. The lowest BCUT2D eigenvalue weighted by molar-refractivity contribution is 0.475. The molecule has 5 heteroatoms. The molecule has 0 amide bonds. The monoisotopic (exact) mass is 254 g/mol. The highest BCUT2D eigenvalue weighted by molar-refractivity contribution is 5.65. The number of nitrogens with zero attached hydrogens (tertiary/aromatic N) is 2. The van der Waals surface area contributed by atoms with Crippen LogP contribution in [0.4, 0.5) is 11.5 Å². The van der Waals surface area contributed by atoms with Gasteiger partial charge in [-0.05, 0) is 30.3 Å². The molecule has 2 heterocycles. The zero-order valence-corrected chi connectivity index (χ0v) is 10.5. The SMILES string of the molecule is Cn1ccc(-c2cc(Nc3ccc(O)cc3)n[nH]2)c1. The second kappa shape index (κ2) is 4.53. The average Bonchev–Trinajstić information content (AvgIpc) is 3.01. The fourth-order valence-electron chi connectivity index (χ4n) is 1.89. The van der Waals surface area contributed by atoms with Crippen LogP contribution in [0, 0.1) is 0 Å². The molecular weight excluding hydrogens is 240 g/mol. The van der Waals surface area contributed by atoms with E-state index in [1.807, 2.05) is 36.1 Å². The highest BCUT2D eigenvalue weighted by Gasteiger charge is 2.04. The number of anilines is 2. The van der Waals surface area contributed by atoms with Crippen molar-refractivity contribution in [2.24, 2.45) is 7.05 Å². The van der Waals surface area contributed by atoms with Gasteiger partial charge in [-0.1, -0.05) is 0 Å². The molecule has 0 bridgehead atoms. The van der Waals surface area contributed by atoms with Gasteiger partial charge in [0.25, 0.3) is 0 Å². The van der Waals surface area contributed by atoms with Crippen LogP contribution in [0.15, 0.2) is 48.8 Å². The van der Waals surface area contributed by atoms with Gasteiger partial charge < -0.3 is 15.0 Å². The van der Waals surface area contributed by atoms with Gasteiger partial charge in [0.05, 0.1) is 5.69 Å². The Morgan fingerprint density at radius 2 is 2.00 bits per heavy atom. The first-order chi connectivity index (χ1) is 9.20. The van der Waals surface area contributed by atoms with E-state index in [1.54, 1.807) is 24.3 Å². The fourth-order valence-corrected chi connectivity index (χ4v) is 1.89. The smallest absolute Gasteiger partial charge is 0.152 e. The van der Waals surface area contributed by atoms with Crippen LogP contribution in [0.5, 0.6) is 5.75 Å². The van der Waals surface area contributed by atoms with E-state index in [1.165, 1.54) is 0 Å². The van der Waals surface area contributed by atoms with Crippen LogP contribution in [-0.4, -0.2) is 19.9 Å². The Bertz CT molecular complexity index is 682. The van der Waals surface area contributed by atoms with Crippen molar-refractivity contribution in [3.8, 4) is 17.0 Å². The number of benzene rings is 1. The predicted octanol–water partition coefficient (Wildman–Crippen LogP) is 2.86. The first kappa shape index (κ1) is 11.4. The van der Waals surface area contributed by atoms with Crippen LogP contribution in [0.1, 0.15) is 0 Å². The van der Waals surface area contributed by atoms with Crippen LogP contribution < -0.4 is 5.32 Å². The van der Waals surface area contributed by atoms with Crippen LogP contribution >= 0.6 is 0 Å². The summed E-state index contributed by atoms with van der Waals surface area (Å²) < 4.78 is 1.99. The molecule has 0 aliphatic rings. The molecule has 2 aromatic heterocycles. The van der Waals surface area contributed by atoms with Gasteiger partial charge in [-0.2, -0.15) is 5.10 Å². The standard InChI is InChI=1S/C14H14N4O/c1-18-7-6-10(9-18)13-8-14(17-16-13)15-11-2-4-12(19)5-3-11/h2-9,19H,1H3,(H2,15,16,17). The van der Waals surface area contributed by atoms with Gasteiger partial charge >= 0.3 is 0 Å². The first-order valence-corrected chi connectivity index (χ1v) is 5.94. The summed E-state index contributed by atoms with van der Waals surface area (Å²) in [5.41, 5.74) is 2.93. The zero-order valence-electron chi connectivity index (χ0n) is 10.5. The summed E-state index contributed by atoms with van der Waals surface area (Å²) in [5, 5.41) is 19.6. The molecule has 0 fully saturated rings. The second-order valence-electron chi connectivity index (χ2n) is 4.40. The Morgan fingerprint density at radius 3 is 2.68 bits per heavy atom. The van der Waals surface area contributed by atoms with Crippen molar-refractivity contribution in [3.05, 3.63) is 48.8 Å². The number of phenolic OH excluding ortho intramolecular Hbond substituents is 1. The number of aromatic amines is 1. The third kappa shape index (κ3) is 2.44. The molecule has 5 nitrogen and oxygen atoms in total. The number of H-pyrrole nitrogens is 1. The highest BCUT2D eigenvalue weighted by atomic mass is 16.3. The number of aromatic hydroxyl groups is 1. The van der Waals surface area contributed by atoms with Crippen molar-refractivity contribution in [2.45, 2.75) is 0 Å². The van der Waals surface area contributed by atoms with Crippen LogP contribution in [-0.2, 0) is 7.05 Å². The van der Waals surface area contributed by atoms with E-state index in [-0.39, 0.29) is 5.75 Å². The first-order valence-electron chi connectivity index (χ1n) is 5.94. The summed E-state index contributed by atoms with van der Waals surface area (Å²) in [5.74, 6) is 0.988. The van der Waals surface area contributed by atoms with E-state index in [0.29, 0.717) is 0 Å². The van der Waals surface area contributed by atoms with Crippen molar-refractivity contribution < 1.29 is 5.11 Å². The number of nitrogens with one attached hydrogen (secondary N) is 2. The van der Waals surface area contributed by atoms with Crippen molar-refractivity contribution in [2.75, 3.05) is 5.32 Å². The summed E-state index contributed by atoms with van der Waals surface area (Å²) in [6.07, 6.45) is 4.01. The third-order valence-corrected chi connectivity index (χ3v) is 2.86. The lowest BCUT2D eigenvalue weighted by Crippen LogP contribution is -1.89. The van der Waals surface area contributed by atoms with Crippen LogP contribution in [0.2, 0.25) is 0 Å². The van der Waals surface area contributed by atoms with Crippen LogP contribution in [0.25, 0.3) is 11.3 Å². The summed E-state index contributed by atoms with van der Waals surface area (Å²) >= 11 is 0. The topological polar surface area (TPSA) is 65.9 Å². The van der Waals surface area contributed by atoms with Crippen molar-refractivity contribution in [1.29, 1.82) is 0 Å². The lowest BCUT2D eigenvalue weighted by atomic mass is 10.2. The fraction of sp³-hybridized carbons (Fsp3) is 0.0714. The van der Waals surface area contributed by atoms with Crippen molar-refractivity contribution in [3.63, 3.8) is 0 Å². The van der Waals surface area contributed by atoms with Crippen LogP contribution in [0.3, 0.4) is 0 Å². The van der Waals surface area contributed by atoms with Gasteiger partial charge in [0.15, 0.2) is 5.82 Å². The van der Waals surface area contributed by atoms with Gasteiger partial charge in [-0.25, -0.2) is 0 Å². The molecule has 0 spiro atoms. The van der Waals surface area contributed by atoms with Gasteiger partial charge in [-0.3, -0.25) is 5.10 Å². The predicted molar refractivity (Wildman–Crippen MR) is 74.4 cm³/mol. The Morgan fingerprint density at radius 1 is 1.21 bits per heavy atom. The molecule has 96 valence electrons. The van der Waals surface area contributed by atoms with Gasteiger partial charge in [0, 0.05) is 36.8 Å². The minimum atomic E-state index is 0.248. The molecule has 0 saturated heterocycles. The number of hydrogen-bond donors (Lipinski definition) is 3. The van der Waals surface area contributed by atoms with E-state index in [2.05, 4.69) is 15.5 Å². The molecule has 3 rings (SSSR count). The molecule has 0 radical (unpaired) electrons. The van der Waals surface area contributed by atoms with Gasteiger partial charge in [0.1, 0.15) is 5.75 Å². The highest BCUT2D eigenvalue weighted by Crippen LogP contribution is 2.23. The quantitative estimate of drug-likeness (QED) is 0.630. The number of phenols is 1. The van der Waals surface area contributed by atoms with Crippen molar-refractivity contribution in [1.82, 2.24) is 14.8 Å². The molecule has 1 aromatic carbocycles. The maximum absolute atomic E-state index is 9.23. The second-order valence-corrected chi connectivity index (χ2v) is 4.40. The largest absolute Gasteiger partial charge is 0.508 e. The summed E-state index contributed by atoms with van der Waals surface area (Å²) in [6, 6.07) is 10.8. The number of rotatable bonds is 3. The minimum Gasteiger partial charge on any atom is -0.508 e. The Kier molecular flexibility index (Phi) is 2.72. The Labute approximate surface area is 110 Å². The van der Waals surface area contributed by atoms with Crippen molar-refractivity contribution >= 4 is 11.5 Å². The summed E-state index contributed by atoms with van der Waals surface area (Å²) in [4.78, 5) is 0. The Balaban J connectivity index is 1.80. The molecule has 0 saturated carbocycles. The average molecular weight is 254 g/mol. The molecule has 19 heavy (non-hydrogen) atoms. The molecule has 3 N–H and O–H groups in total. The summed E-state index contributed by atoms with van der Waals surface area (Å²) in [7, 11) is 1.98. The zero-order chi connectivity index (χ0) is 13.2. The molecule has 0 aliphatic heterocycles. The maximum Gasteiger partial charge on any atom is 0.152 e. The van der Waals surface area contributed by atoms with Gasteiger partial charge in [0.2, 0.25) is 0 Å². The van der Waals surface area contributed by atoms with E-state index in [0.717, 1.165) is 22.8 Å². The molecular formula is C14H14N4O. The lowest BCUT2D eigenvalue weighted by Gasteiger charge is -2.01. The van der Waals surface area contributed by atoms with E-state index in [4.69, 9.17) is 0 Å². The maximum atomic E-state index is 9.23. The molecule has 0 atom stereocenters. The molecule has 0 unspecified atom stereocenters. The normalized spacial score (nSPS) is 10.6. The number of hydrogen-bond acceptors (Lipinski definition) is 3. The summed E-state index contributed by atoms with van der Waals surface area (Å²) in [6.45, 7) is 0. The van der Waals surface area contributed by atoms with E-state index in [9.17, 15) is 5.11 Å².